The number of rotatable bonds is 7. The average Bonchev–Trinajstić information content (AvgIpc) is 3.12. The van der Waals surface area contributed by atoms with Crippen LogP contribution >= 0.6 is 0 Å². The van der Waals surface area contributed by atoms with Crippen molar-refractivity contribution in [1.29, 1.82) is 0 Å². The summed E-state index contributed by atoms with van der Waals surface area (Å²) in [4.78, 5) is 22.6. The van der Waals surface area contributed by atoms with Crippen LogP contribution in [0.1, 0.15) is 21.6 Å². The first-order valence-electron chi connectivity index (χ1n) is 9.26. The first kappa shape index (κ1) is 22.7. The van der Waals surface area contributed by atoms with Crippen molar-refractivity contribution in [3.63, 3.8) is 0 Å². The molecule has 1 heterocycles. The Morgan fingerprint density at radius 3 is 2.47 bits per heavy atom. The number of nitro benzene ring substituents is 1. The molecule has 168 valence electrons. The van der Waals surface area contributed by atoms with E-state index in [2.05, 4.69) is 15.7 Å². The summed E-state index contributed by atoms with van der Waals surface area (Å²) in [6.07, 6.45) is -3.35. The van der Waals surface area contributed by atoms with Crippen LogP contribution in [0.2, 0.25) is 0 Å². The quantitative estimate of drug-likeness (QED) is 0.244. The zero-order chi connectivity index (χ0) is 23.5. The fraction of sp³-hybridized carbons (Fsp3) is 0.200. The van der Waals surface area contributed by atoms with E-state index >= 15 is 0 Å². The summed E-state index contributed by atoms with van der Waals surface area (Å²) in [7, 11) is 0. The molecular weight excluding hydrogens is 434 g/mol. The van der Waals surface area contributed by atoms with Crippen LogP contribution in [0.15, 0.2) is 48.7 Å². The Morgan fingerprint density at radius 2 is 1.84 bits per heavy atom. The molecule has 0 aliphatic carbocycles. The van der Waals surface area contributed by atoms with Gasteiger partial charge in [-0.1, -0.05) is 0 Å². The van der Waals surface area contributed by atoms with Crippen LogP contribution in [-0.2, 0) is 6.18 Å². The zero-order valence-corrected chi connectivity index (χ0v) is 16.6. The lowest BCUT2D eigenvalue weighted by molar-refractivity contribution is -0.384. The van der Waals surface area contributed by atoms with Crippen molar-refractivity contribution in [1.82, 2.24) is 15.1 Å². The summed E-state index contributed by atoms with van der Waals surface area (Å²) >= 11 is 0. The summed E-state index contributed by atoms with van der Waals surface area (Å²) in [5, 5.41) is 20.5. The fourth-order valence-corrected chi connectivity index (χ4v) is 2.95. The van der Waals surface area contributed by atoms with Crippen molar-refractivity contribution in [3.05, 3.63) is 81.4 Å². The maximum Gasteiger partial charge on any atom is 0.416 e. The molecule has 2 aromatic carbocycles. The van der Waals surface area contributed by atoms with Crippen LogP contribution in [-0.4, -0.2) is 33.7 Å². The standard InChI is InChI=1S/C20H17F4N5O3/c1-12-16(11-27-28(12)15-5-3-14(21)4-6-15)19(30)26-9-8-25-17-7-2-13(20(22,23)24)10-18(17)29(31)32/h2-7,10-11,25H,8-9H2,1H3,(H,26,30). The van der Waals surface area contributed by atoms with Gasteiger partial charge in [0.15, 0.2) is 0 Å². The molecular formula is C20H17F4N5O3. The smallest absolute Gasteiger partial charge is 0.378 e. The number of nitrogens with one attached hydrogen (secondary N) is 2. The van der Waals surface area contributed by atoms with Crippen LogP contribution in [0.5, 0.6) is 0 Å². The first-order chi connectivity index (χ1) is 15.1. The largest absolute Gasteiger partial charge is 0.416 e. The molecule has 0 bridgehead atoms. The summed E-state index contributed by atoms with van der Waals surface area (Å²) in [6, 6.07) is 7.72. The number of benzene rings is 2. The Balaban J connectivity index is 1.61. The molecule has 0 fully saturated rings. The highest BCUT2D eigenvalue weighted by Crippen LogP contribution is 2.34. The third-order valence-corrected chi connectivity index (χ3v) is 4.57. The van der Waals surface area contributed by atoms with Gasteiger partial charge in [0.1, 0.15) is 11.5 Å². The Morgan fingerprint density at radius 1 is 1.16 bits per heavy atom. The van der Waals surface area contributed by atoms with E-state index in [9.17, 15) is 32.5 Å². The number of carbonyl (C=O) groups is 1. The lowest BCUT2D eigenvalue weighted by Crippen LogP contribution is -2.29. The summed E-state index contributed by atoms with van der Waals surface area (Å²) in [5.74, 6) is -0.864. The monoisotopic (exact) mass is 451 g/mol. The van der Waals surface area contributed by atoms with E-state index in [4.69, 9.17) is 0 Å². The van der Waals surface area contributed by atoms with E-state index in [0.29, 0.717) is 17.4 Å². The molecule has 0 saturated heterocycles. The topological polar surface area (TPSA) is 102 Å². The number of hydrogen-bond donors (Lipinski definition) is 2. The van der Waals surface area contributed by atoms with Gasteiger partial charge in [-0.25, -0.2) is 9.07 Å². The van der Waals surface area contributed by atoms with Gasteiger partial charge in [-0.15, -0.1) is 0 Å². The normalized spacial score (nSPS) is 11.3. The minimum atomic E-state index is -4.70. The van der Waals surface area contributed by atoms with E-state index in [-0.39, 0.29) is 24.3 Å². The lowest BCUT2D eigenvalue weighted by Gasteiger charge is -2.11. The fourth-order valence-electron chi connectivity index (χ4n) is 2.95. The molecule has 0 atom stereocenters. The predicted octanol–water partition coefficient (Wildman–Crippen LogP) is 4.09. The van der Waals surface area contributed by atoms with Crippen molar-refractivity contribution < 1.29 is 27.3 Å². The molecule has 3 aromatic rings. The van der Waals surface area contributed by atoms with E-state index in [1.807, 2.05) is 0 Å². The molecule has 0 unspecified atom stereocenters. The van der Waals surface area contributed by atoms with E-state index < -0.39 is 34.1 Å². The minimum Gasteiger partial charge on any atom is -0.378 e. The number of hydrogen-bond acceptors (Lipinski definition) is 5. The molecule has 8 nitrogen and oxygen atoms in total. The second-order valence-corrected chi connectivity index (χ2v) is 6.70. The molecule has 0 saturated carbocycles. The number of amides is 1. The van der Waals surface area contributed by atoms with Crippen molar-refractivity contribution in [3.8, 4) is 5.69 Å². The molecule has 0 aliphatic heterocycles. The zero-order valence-electron chi connectivity index (χ0n) is 16.6. The van der Waals surface area contributed by atoms with Gasteiger partial charge in [0.05, 0.1) is 33.6 Å². The van der Waals surface area contributed by atoms with Crippen molar-refractivity contribution in [2.75, 3.05) is 18.4 Å². The molecule has 0 radical (unpaired) electrons. The van der Waals surface area contributed by atoms with Gasteiger partial charge in [-0.2, -0.15) is 18.3 Å². The number of nitrogens with zero attached hydrogens (tertiary/aromatic N) is 3. The Hall–Kier alpha value is -3.96. The Labute approximate surface area is 179 Å². The first-order valence-corrected chi connectivity index (χ1v) is 9.26. The SMILES string of the molecule is Cc1c(C(=O)NCCNc2ccc(C(F)(F)F)cc2[N+](=O)[O-])cnn1-c1ccc(F)cc1. The van der Waals surface area contributed by atoms with Crippen LogP contribution in [0.3, 0.4) is 0 Å². The van der Waals surface area contributed by atoms with Gasteiger partial charge >= 0.3 is 6.18 Å². The molecule has 2 N–H and O–H groups in total. The maximum atomic E-state index is 13.1. The lowest BCUT2D eigenvalue weighted by atomic mass is 10.1. The highest BCUT2D eigenvalue weighted by atomic mass is 19.4. The summed E-state index contributed by atoms with van der Waals surface area (Å²) in [5.41, 5.74) is -0.591. The number of anilines is 1. The highest BCUT2D eigenvalue weighted by Gasteiger charge is 2.33. The van der Waals surface area contributed by atoms with E-state index in [1.54, 1.807) is 6.92 Å². The van der Waals surface area contributed by atoms with Gasteiger partial charge in [0.2, 0.25) is 0 Å². The molecule has 1 aromatic heterocycles. The maximum absolute atomic E-state index is 13.1. The number of nitro groups is 1. The van der Waals surface area contributed by atoms with Gasteiger partial charge < -0.3 is 10.6 Å². The van der Waals surface area contributed by atoms with E-state index in [0.717, 1.165) is 12.1 Å². The summed E-state index contributed by atoms with van der Waals surface area (Å²) < 4.78 is 52.9. The highest BCUT2D eigenvalue weighted by molar-refractivity contribution is 5.95. The second-order valence-electron chi connectivity index (χ2n) is 6.70. The molecule has 12 heteroatoms. The predicted molar refractivity (Wildman–Crippen MR) is 107 cm³/mol. The molecule has 0 aliphatic rings. The molecule has 3 rings (SSSR count). The van der Waals surface area contributed by atoms with Crippen LogP contribution < -0.4 is 10.6 Å². The third kappa shape index (κ3) is 5.02. The Kier molecular flexibility index (Phi) is 6.42. The molecule has 0 spiro atoms. The van der Waals surface area contributed by atoms with Gasteiger partial charge in [0.25, 0.3) is 11.6 Å². The van der Waals surface area contributed by atoms with Crippen LogP contribution in [0.25, 0.3) is 5.69 Å². The number of alkyl halides is 3. The van der Waals surface area contributed by atoms with Crippen LogP contribution in [0, 0.1) is 22.9 Å². The molecule has 32 heavy (non-hydrogen) atoms. The number of carbonyl (C=O) groups excluding carboxylic acids is 1. The minimum absolute atomic E-state index is 0.0308. The Bertz CT molecular complexity index is 1140. The summed E-state index contributed by atoms with van der Waals surface area (Å²) in [6.45, 7) is 1.73. The van der Waals surface area contributed by atoms with Crippen molar-refractivity contribution in [2.24, 2.45) is 0 Å². The van der Waals surface area contributed by atoms with Gasteiger partial charge in [-0.05, 0) is 43.3 Å². The van der Waals surface area contributed by atoms with Crippen molar-refractivity contribution >= 4 is 17.3 Å². The number of halogens is 4. The van der Waals surface area contributed by atoms with Gasteiger partial charge in [0, 0.05) is 19.2 Å². The average molecular weight is 451 g/mol. The van der Waals surface area contributed by atoms with Crippen LogP contribution in [0.4, 0.5) is 28.9 Å². The van der Waals surface area contributed by atoms with Crippen molar-refractivity contribution in [2.45, 2.75) is 13.1 Å². The molecule has 1 amide bonds. The third-order valence-electron chi connectivity index (χ3n) is 4.57. The second kappa shape index (κ2) is 9.04. The van der Waals surface area contributed by atoms with Gasteiger partial charge in [-0.3, -0.25) is 14.9 Å². The van der Waals surface area contributed by atoms with E-state index in [1.165, 1.54) is 35.1 Å². The number of aromatic nitrogens is 2.